The third kappa shape index (κ3) is 2.96. The van der Waals surface area contributed by atoms with Crippen molar-refractivity contribution in [2.75, 3.05) is 31.7 Å². The summed E-state index contributed by atoms with van der Waals surface area (Å²) >= 11 is 0. The third-order valence-electron chi connectivity index (χ3n) is 3.80. The van der Waals surface area contributed by atoms with Crippen molar-refractivity contribution in [3.05, 3.63) is 23.8 Å². The molecule has 1 heterocycles. The third-order valence-corrected chi connectivity index (χ3v) is 3.80. The van der Waals surface area contributed by atoms with Crippen LogP contribution in [0.25, 0.3) is 0 Å². The Morgan fingerprint density at radius 1 is 1.45 bits per heavy atom. The molecule has 1 saturated heterocycles. The van der Waals surface area contributed by atoms with E-state index in [9.17, 15) is 5.11 Å². The van der Waals surface area contributed by atoms with E-state index < -0.39 is 0 Å². The monoisotopic (exact) mass is 279 g/mol. The molecule has 0 saturated carbocycles. The lowest BCUT2D eigenvalue weighted by Gasteiger charge is -2.34. The van der Waals surface area contributed by atoms with E-state index in [0.29, 0.717) is 11.5 Å². The Morgan fingerprint density at radius 2 is 2.15 bits per heavy atom. The van der Waals surface area contributed by atoms with E-state index in [1.54, 1.807) is 19.2 Å². The zero-order valence-electron chi connectivity index (χ0n) is 11.6. The smallest absolute Gasteiger partial charge is 0.172 e. The number of aliphatic hydroxyl groups is 1. The van der Waals surface area contributed by atoms with Gasteiger partial charge in [0, 0.05) is 31.3 Å². The summed E-state index contributed by atoms with van der Waals surface area (Å²) in [7, 11) is 1.61. The first kappa shape index (κ1) is 14.5. The highest BCUT2D eigenvalue weighted by Crippen LogP contribution is 2.29. The molecule has 0 aromatic heterocycles. The van der Waals surface area contributed by atoms with Crippen LogP contribution in [0.15, 0.2) is 23.4 Å². The summed E-state index contributed by atoms with van der Waals surface area (Å²) in [5, 5.41) is 21.2. The second-order valence-corrected chi connectivity index (χ2v) is 4.98. The van der Waals surface area contributed by atoms with Crippen LogP contribution in [0.3, 0.4) is 0 Å². The minimum atomic E-state index is 0.0898. The highest BCUT2D eigenvalue weighted by Gasteiger charge is 2.22. The summed E-state index contributed by atoms with van der Waals surface area (Å²) in [6.07, 6.45) is 1.87. The van der Waals surface area contributed by atoms with E-state index in [1.807, 2.05) is 6.07 Å². The van der Waals surface area contributed by atoms with Crippen LogP contribution in [-0.2, 0) is 0 Å². The molecule has 6 heteroatoms. The fraction of sp³-hybridized carbons (Fsp3) is 0.500. The number of nitrogens with two attached hydrogens (primary N) is 1. The first-order valence-corrected chi connectivity index (χ1v) is 6.71. The van der Waals surface area contributed by atoms with Gasteiger partial charge in [0.2, 0.25) is 0 Å². The zero-order valence-corrected chi connectivity index (χ0v) is 11.6. The van der Waals surface area contributed by atoms with Crippen LogP contribution in [0.5, 0.6) is 5.75 Å². The van der Waals surface area contributed by atoms with Crippen LogP contribution in [-0.4, -0.2) is 43.0 Å². The van der Waals surface area contributed by atoms with Crippen LogP contribution in [0.2, 0.25) is 0 Å². The largest absolute Gasteiger partial charge is 0.497 e. The lowest BCUT2D eigenvalue weighted by atomic mass is 9.96. The SMILES string of the molecule is COc1ccc(/C(N)=N/O)c(N2CCC(CO)CC2)c1. The van der Waals surface area contributed by atoms with Crippen LogP contribution >= 0.6 is 0 Å². The van der Waals surface area contributed by atoms with Crippen LogP contribution < -0.4 is 15.4 Å². The second-order valence-electron chi connectivity index (χ2n) is 4.98. The first-order valence-electron chi connectivity index (χ1n) is 6.71. The molecule has 1 aliphatic rings. The standard InChI is InChI=1S/C14H21N3O3/c1-20-11-2-3-12(14(15)16-19)13(8-11)17-6-4-10(9-18)5-7-17/h2-3,8,10,18-19H,4-7,9H2,1H3,(H2,15,16). The molecular weight excluding hydrogens is 258 g/mol. The van der Waals surface area contributed by atoms with Crippen molar-refractivity contribution in [1.29, 1.82) is 0 Å². The Kier molecular flexibility index (Phi) is 4.68. The lowest BCUT2D eigenvalue weighted by molar-refractivity contribution is 0.203. The first-order chi connectivity index (χ1) is 9.69. The molecule has 0 amide bonds. The molecule has 0 aliphatic carbocycles. The highest BCUT2D eigenvalue weighted by molar-refractivity contribution is 6.02. The maximum atomic E-state index is 9.20. The second kappa shape index (κ2) is 6.47. The predicted octanol–water partition coefficient (Wildman–Crippen LogP) is 0.998. The molecule has 110 valence electrons. The van der Waals surface area contributed by atoms with Crippen LogP contribution in [0, 0.1) is 5.92 Å². The molecule has 2 rings (SSSR count). The molecule has 0 bridgehead atoms. The van der Waals surface area contributed by atoms with Gasteiger partial charge in [0.25, 0.3) is 0 Å². The van der Waals surface area contributed by atoms with Crippen molar-refractivity contribution in [3.8, 4) is 5.75 Å². The van der Waals surface area contributed by atoms with Gasteiger partial charge in [-0.3, -0.25) is 0 Å². The minimum absolute atomic E-state index is 0.0898. The van der Waals surface area contributed by atoms with Crippen LogP contribution in [0.1, 0.15) is 18.4 Å². The molecule has 0 spiro atoms. The Balaban J connectivity index is 2.29. The van der Waals surface area contributed by atoms with Gasteiger partial charge in [-0.1, -0.05) is 5.16 Å². The maximum absolute atomic E-state index is 9.20. The van der Waals surface area contributed by atoms with Gasteiger partial charge in [-0.15, -0.1) is 0 Å². The van der Waals surface area contributed by atoms with E-state index in [2.05, 4.69) is 10.1 Å². The number of rotatable bonds is 4. The average molecular weight is 279 g/mol. The van der Waals surface area contributed by atoms with Gasteiger partial charge in [-0.2, -0.15) is 0 Å². The average Bonchev–Trinajstić information content (AvgIpc) is 2.53. The molecule has 0 radical (unpaired) electrons. The maximum Gasteiger partial charge on any atom is 0.172 e. The van der Waals surface area contributed by atoms with E-state index in [-0.39, 0.29) is 12.4 Å². The molecule has 4 N–H and O–H groups in total. The lowest BCUT2D eigenvalue weighted by Crippen LogP contribution is -2.36. The number of amidine groups is 1. The van der Waals surface area contributed by atoms with E-state index in [1.165, 1.54) is 0 Å². The number of piperidine rings is 1. The fourth-order valence-corrected chi connectivity index (χ4v) is 2.53. The topological polar surface area (TPSA) is 91.3 Å². The van der Waals surface area contributed by atoms with Crippen molar-refractivity contribution >= 4 is 11.5 Å². The van der Waals surface area contributed by atoms with Crippen molar-refractivity contribution in [2.45, 2.75) is 12.8 Å². The summed E-state index contributed by atoms with van der Waals surface area (Å²) in [5.41, 5.74) is 7.33. The van der Waals surface area contributed by atoms with Crippen molar-refractivity contribution in [1.82, 2.24) is 0 Å². The molecule has 1 fully saturated rings. The normalized spacial score (nSPS) is 17.3. The number of benzene rings is 1. The number of ether oxygens (including phenoxy) is 1. The van der Waals surface area contributed by atoms with Gasteiger partial charge in [-0.25, -0.2) is 0 Å². The molecule has 1 aliphatic heterocycles. The number of hydrogen-bond donors (Lipinski definition) is 3. The Morgan fingerprint density at radius 3 is 2.70 bits per heavy atom. The van der Waals surface area contributed by atoms with Gasteiger partial charge in [0.15, 0.2) is 5.84 Å². The molecule has 1 aromatic rings. The Labute approximate surface area is 118 Å². The zero-order chi connectivity index (χ0) is 14.5. The summed E-state index contributed by atoms with van der Waals surface area (Å²) in [4.78, 5) is 2.18. The Hall–Kier alpha value is -1.95. The molecule has 20 heavy (non-hydrogen) atoms. The Bertz CT molecular complexity index is 483. The summed E-state index contributed by atoms with van der Waals surface area (Å²) in [5.74, 6) is 1.19. The van der Waals surface area contributed by atoms with Crippen molar-refractivity contribution < 1.29 is 15.1 Å². The van der Waals surface area contributed by atoms with Gasteiger partial charge in [0.05, 0.1) is 12.8 Å². The fourth-order valence-electron chi connectivity index (χ4n) is 2.53. The van der Waals surface area contributed by atoms with E-state index in [0.717, 1.165) is 37.4 Å². The number of anilines is 1. The highest BCUT2D eigenvalue weighted by atomic mass is 16.5. The van der Waals surface area contributed by atoms with E-state index in [4.69, 9.17) is 15.7 Å². The summed E-state index contributed by atoms with van der Waals surface area (Å²) < 4.78 is 5.25. The quantitative estimate of drug-likeness (QED) is 0.331. The van der Waals surface area contributed by atoms with Crippen LogP contribution in [0.4, 0.5) is 5.69 Å². The van der Waals surface area contributed by atoms with E-state index >= 15 is 0 Å². The molecular formula is C14H21N3O3. The number of aliphatic hydroxyl groups excluding tert-OH is 1. The van der Waals surface area contributed by atoms with Crippen molar-refractivity contribution in [2.24, 2.45) is 16.8 Å². The molecule has 6 nitrogen and oxygen atoms in total. The number of hydrogen-bond acceptors (Lipinski definition) is 5. The number of methoxy groups -OCH3 is 1. The molecule has 0 atom stereocenters. The predicted molar refractivity (Wildman–Crippen MR) is 77.5 cm³/mol. The van der Waals surface area contributed by atoms with Gasteiger partial charge >= 0.3 is 0 Å². The van der Waals surface area contributed by atoms with Gasteiger partial charge < -0.3 is 25.7 Å². The summed E-state index contributed by atoms with van der Waals surface area (Å²) in [6.45, 7) is 1.91. The van der Waals surface area contributed by atoms with Gasteiger partial charge in [0.1, 0.15) is 5.75 Å². The summed E-state index contributed by atoms with van der Waals surface area (Å²) in [6, 6.07) is 5.48. The van der Waals surface area contributed by atoms with Gasteiger partial charge in [-0.05, 0) is 30.9 Å². The van der Waals surface area contributed by atoms with Crippen molar-refractivity contribution in [3.63, 3.8) is 0 Å². The molecule has 0 unspecified atom stereocenters. The number of nitrogens with zero attached hydrogens (tertiary/aromatic N) is 2. The minimum Gasteiger partial charge on any atom is -0.497 e. The number of oxime groups is 1. The molecule has 1 aromatic carbocycles.